The van der Waals surface area contributed by atoms with E-state index in [1.165, 1.54) is 0 Å². The highest BCUT2D eigenvalue weighted by Crippen LogP contribution is 2.22. The molecule has 0 aliphatic heterocycles. The third kappa shape index (κ3) is 4.58. The van der Waals surface area contributed by atoms with Crippen LogP contribution in [0.4, 0.5) is 0 Å². The zero-order valence-corrected chi connectivity index (χ0v) is 16.3. The Kier molecular flexibility index (Phi) is 6.04. The summed E-state index contributed by atoms with van der Waals surface area (Å²) in [6.45, 7) is 3.29. The number of amides is 1. The van der Waals surface area contributed by atoms with Crippen molar-refractivity contribution >= 4 is 43.4 Å². The Morgan fingerprint density at radius 1 is 1.24 bits per heavy atom. The topological polar surface area (TPSA) is 43.6 Å². The van der Waals surface area contributed by atoms with Gasteiger partial charge >= 0.3 is 0 Å². The number of carbonyl (C=O) groups is 1. The summed E-state index contributed by atoms with van der Waals surface area (Å²) in [5.74, 6) is 0.606. The molecule has 0 bridgehead atoms. The number of thiazole rings is 1. The molecule has 0 unspecified atom stereocenters. The first kappa shape index (κ1) is 17.9. The fourth-order valence-electron chi connectivity index (χ4n) is 2.51. The Hall–Kier alpha value is -1.92. The number of halogens is 1. The van der Waals surface area contributed by atoms with Crippen molar-refractivity contribution in [2.75, 3.05) is 6.61 Å². The molecule has 130 valence electrons. The number of carbonyl (C=O) groups excluding carboxylic acids is 1. The maximum absolute atomic E-state index is 12.2. The van der Waals surface area contributed by atoms with Crippen molar-refractivity contribution in [3.8, 4) is 5.75 Å². The number of benzene rings is 2. The zero-order valence-electron chi connectivity index (χ0n) is 13.9. The Morgan fingerprint density at radius 2 is 2.04 bits per heavy atom. The number of para-hydroxylation sites is 1. The molecule has 3 rings (SSSR count). The SMILES string of the molecule is CCCn1c(=NC(=O)CCOc2ccccc2)sc2cc(Br)ccc21. The number of hydrogen-bond donors (Lipinski definition) is 0. The van der Waals surface area contributed by atoms with E-state index < -0.39 is 0 Å². The predicted octanol–water partition coefficient (Wildman–Crippen LogP) is 4.77. The van der Waals surface area contributed by atoms with Gasteiger partial charge in [-0.15, -0.1) is 0 Å². The first-order chi connectivity index (χ1) is 12.2. The molecule has 4 nitrogen and oxygen atoms in total. The second kappa shape index (κ2) is 8.45. The van der Waals surface area contributed by atoms with Crippen LogP contribution in [0.15, 0.2) is 58.0 Å². The summed E-state index contributed by atoms with van der Waals surface area (Å²) in [6, 6.07) is 15.6. The molecular formula is C19H19BrN2O2S. The molecule has 0 N–H and O–H groups in total. The van der Waals surface area contributed by atoms with Gasteiger partial charge in [-0.3, -0.25) is 4.79 Å². The van der Waals surface area contributed by atoms with Crippen LogP contribution in [-0.4, -0.2) is 17.1 Å². The van der Waals surface area contributed by atoms with E-state index in [1.54, 1.807) is 11.3 Å². The van der Waals surface area contributed by atoms with Crippen molar-refractivity contribution in [3.05, 3.63) is 57.8 Å². The molecule has 6 heteroatoms. The molecule has 1 aromatic heterocycles. The number of aromatic nitrogens is 1. The molecule has 1 heterocycles. The summed E-state index contributed by atoms with van der Waals surface area (Å²) in [7, 11) is 0. The lowest BCUT2D eigenvalue weighted by molar-refractivity contribution is -0.118. The summed E-state index contributed by atoms with van der Waals surface area (Å²) in [4.78, 5) is 17.3. The lowest BCUT2D eigenvalue weighted by atomic mass is 10.3. The highest BCUT2D eigenvalue weighted by molar-refractivity contribution is 9.10. The molecule has 25 heavy (non-hydrogen) atoms. The van der Waals surface area contributed by atoms with Crippen LogP contribution in [0, 0.1) is 0 Å². The summed E-state index contributed by atoms with van der Waals surface area (Å²) >= 11 is 5.04. The van der Waals surface area contributed by atoms with Crippen LogP contribution in [0.3, 0.4) is 0 Å². The smallest absolute Gasteiger partial charge is 0.251 e. The van der Waals surface area contributed by atoms with Gasteiger partial charge in [0.05, 0.1) is 23.2 Å². The molecule has 3 aromatic rings. The van der Waals surface area contributed by atoms with Crippen molar-refractivity contribution in [1.29, 1.82) is 0 Å². The lowest BCUT2D eigenvalue weighted by Gasteiger charge is -2.04. The van der Waals surface area contributed by atoms with E-state index in [-0.39, 0.29) is 12.3 Å². The summed E-state index contributed by atoms with van der Waals surface area (Å²) < 4.78 is 9.84. The van der Waals surface area contributed by atoms with Crippen LogP contribution in [0.5, 0.6) is 5.75 Å². The van der Waals surface area contributed by atoms with E-state index in [9.17, 15) is 4.79 Å². The number of rotatable bonds is 6. The predicted molar refractivity (Wildman–Crippen MR) is 105 cm³/mol. The maximum atomic E-state index is 12.2. The van der Waals surface area contributed by atoms with Gasteiger partial charge in [-0.05, 0) is 36.8 Å². The minimum absolute atomic E-state index is 0.161. The molecule has 0 fully saturated rings. The summed E-state index contributed by atoms with van der Waals surface area (Å²) in [5, 5.41) is 0. The Labute approximate surface area is 158 Å². The highest BCUT2D eigenvalue weighted by atomic mass is 79.9. The molecule has 0 atom stereocenters. The van der Waals surface area contributed by atoms with Gasteiger partial charge in [0, 0.05) is 11.0 Å². The second-order valence-electron chi connectivity index (χ2n) is 5.57. The highest BCUT2D eigenvalue weighted by Gasteiger charge is 2.08. The van der Waals surface area contributed by atoms with Gasteiger partial charge in [-0.1, -0.05) is 52.4 Å². The van der Waals surface area contributed by atoms with E-state index in [0.717, 1.165) is 38.2 Å². The lowest BCUT2D eigenvalue weighted by Crippen LogP contribution is -2.17. The number of aryl methyl sites for hydroxylation is 1. The molecule has 1 amide bonds. The van der Waals surface area contributed by atoms with Crippen molar-refractivity contribution in [2.24, 2.45) is 4.99 Å². The van der Waals surface area contributed by atoms with Gasteiger partial charge in [-0.2, -0.15) is 4.99 Å². The first-order valence-corrected chi connectivity index (χ1v) is 9.82. The van der Waals surface area contributed by atoms with Crippen molar-refractivity contribution in [1.82, 2.24) is 4.57 Å². The van der Waals surface area contributed by atoms with E-state index in [4.69, 9.17) is 4.74 Å². The van der Waals surface area contributed by atoms with Crippen LogP contribution in [0.2, 0.25) is 0 Å². The van der Waals surface area contributed by atoms with Crippen LogP contribution in [0.25, 0.3) is 10.2 Å². The number of nitrogens with zero attached hydrogens (tertiary/aromatic N) is 2. The third-order valence-electron chi connectivity index (χ3n) is 3.64. The molecule has 0 saturated carbocycles. The fourth-order valence-corrected chi connectivity index (χ4v) is 4.13. The maximum Gasteiger partial charge on any atom is 0.251 e. The zero-order chi connectivity index (χ0) is 17.6. The average Bonchev–Trinajstić information content (AvgIpc) is 2.92. The summed E-state index contributed by atoms with van der Waals surface area (Å²) in [6.07, 6.45) is 1.25. The van der Waals surface area contributed by atoms with Crippen molar-refractivity contribution in [3.63, 3.8) is 0 Å². The molecule has 0 spiro atoms. The molecule has 0 aliphatic carbocycles. The number of ether oxygens (including phenoxy) is 1. The normalized spacial score (nSPS) is 11.8. The average molecular weight is 419 g/mol. The Balaban J connectivity index is 1.77. The van der Waals surface area contributed by atoms with Crippen molar-refractivity contribution < 1.29 is 9.53 Å². The van der Waals surface area contributed by atoms with Crippen LogP contribution in [-0.2, 0) is 11.3 Å². The Bertz CT molecular complexity index is 931. The molecular weight excluding hydrogens is 400 g/mol. The monoisotopic (exact) mass is 418 g/mol. The van der Waals surface area contributed by atoms with E-state index in [1.807, 2.05) is 36.4 Å². The van der Waals surface area contributed by atoms with Crippen LogP contribution < -0.4 is 9.54 Å². The number of fused-ring (bicyclic) bond motifs is 1. The van der Waals surface area contributed by atoms with E-state index in [2.05, 4.69) is 44.5 Å². The quantitative estimate of drug-likeness (QED) is 0.578. The van der Waals surface area contributed by atoms with Gasteiger partial charge in [0.25, 0.3) is 5.91 Å². The third-order valence-corrected chi connectivity index (χ3v) is 5.17. The van der Waals surface area contributed by atoms with Gasteiger partial charge in [-0.25, -0.2) is 0 Å². The van der Waals surface area contributed by atoms with Gasteiger partial charge in [0.15, 0.2) is 4.80 Å². The Morgan fingerprint density at radius 3 is 2.80 bits per heavy atom. The first-order valence-electron chi connectivity index (χ1n) is 8.21. The van der Waals surface area contributed by atoms with Crippen molar-refractivity contribution in [2.45, 2.75) is 26.3 Å². The van der Waals surface area contributed by atoms with Crippen LogP contribution in [0.1, 0.15) is 19.8 Å². The van der Waals surface area contributed by atoms with Gasteiger partial charge in [0.2, 0.25) is 0 Å². The number of hydrogen-bond acceptors (Lipinski definition) is 3. The molecule has 0 aliphatic rings. The molecule has 0 saturated heterocycles. The minimum Gasteiger partial charge on any atom is -0.493 e. The van der Waals surface area contributed by atoms with Gasteiger partial charge < -0.3 is 9.30 Å². The standard InChI is InChI=1S/C19H19BrN2O2S/c1-2-11-22-16-9-8-14(20)13-17(16)25-19(22)21-18(23)10-12-24-15-6-4-3-5-7-15/h3-9,13H,2,10-12H2,1H3. The largest absolute Gasteiger partial charge is 0.493 e. The van der Waals surface area contributed by atoms with E-state index in [0.29, 0.717) is 6.61 Å². The van der Waals surface area contributed by atoms with Gasteiger partial charge in [0.1, 0.15) is 5.75 Å². The van der Waals surface area contributed by atoms with E-state index >= 15 is 0 Å². The molecule has 0 radical (unpaired) electrons. The minimum atomic E-state index is -0.161. The fraction of sp³-hybridized carbons (Fsp3) is 0.263. The second-order valence-corrected chi connectivity index (χ2v) is 7.49. The molecule has 2 aromatic carbocycles. The van der Waals surface area contributed by atoms with Crippen LogP contribution >= 0.6 is 27.3 Å². The summed E-state index contributed by atoms with van der Waals surface area (Å²) in [5.41, 5.74) is 1.11.